The molecule has 2 atom stereocenters. The highest BCUT2D eigenvalue weighted by molar-refractivity contribution is 5.92. The van der Waals surface area contributed by atoms with Gasteiger partial charge in [-0.1, -0.05) is 12.1 Å². The van der Waals surface area contributed by atoms with Crippen molar-refractivity contribution in [2.45, 2.75) is 58.0 Å². The van der Waals surface area contributed by atoms with Gasteiger partial charge in [0.25, 0.3) is 0 Å². The van der Waals surface area contributed by atoms with Crippen LogP contribution in [0.2, 0.25) is 0 Å². The van der Waals surface area contributed by atoms with Crippen LogP contribution in [0.15, 0.2) is 42.9 Å². The first-order valence-corrected chi connectivity index (χ1v) is 15.6. The molecule has 2 aliphatic rings. The van der Waals surface area contributed by atoms with Gasteiger partial charge in [0.1, 0.15) is 18.5 Å². The van der Waals surface area contributed by atoms with Crippen molar-refractivity contribution in [3.8, 4) is 16.9 Å². The summed E-state index contributed by atoms with van der Waals surface area (Å²) in [5, 5.41) is 13.7. The largest absolute Gasteiger partial charge is 0.492 e. The average molecular weight is 644 g/mol. The van der Waals surface area contributed by atoms with Gasteiger partial charge in [0, 0.05) is 36.8 Å². The Morgan fingerprint density at radius 1 is 1.17 bits per heavy atom. The summed E-state index contributed by atoms with van der Waals surface area (Å²) in [5.74, 6) is 0.227. The van der Waals surface area contributed by atoms with Crippen LogP contribution in [0.1, 0.15) is 48.3 Å². The molecular formula is C33H37F4N5O4. The van der Waals surface area contributed by atoms with Gasteiger partial charge in [-0.2, -0.15) is 18.3 Å². The second-order valence-electron chi connectivity index (χ2n) is 12.0. The van der Waals surface area contributed by atoms with Crippen LogP contribution in [0.3, 0.4) is 0 Å². The number of benzene rings is 2. The molecule has 0 amide bonds. The first kappa shape index (κ1) is 32.0. The fourth-order valence-electron chi connectivity index (χ4n) is 6.49. The van der Waals surface area contributed by atoms with E-state index in [1.165, 1.54) is 12.5 Å². The Morgan fingerprint density at radius 3 is 2.59 bits per heavy atom. The Balaban J connectivity index is 1.30. The van der Waals surface area contributed by atoms with Crippen LogP contribution < -0.4 is 4.74 Å². The zero-order valence-electron chi connectivity index (χ0n) is 25.8. The zero-order chi connectivity index (χ0) is 32.6. The highest BCUT2D eigenvalue weighted by Gasteiger charge is 2.38. The summed E-state index contributed by atoms with van der Waals surface area (Å²) >= 11 is 0. The van der Waals surface area contributed by atoms with Crippen LogP contribution in [-0.2, 0) is 28.7 Å². The van der Waals surface area contributed by atoms with Crippen LogP contribution in [0.5, 0.6) is 5.75 Å². The molecule has 6 rings (SSSR count). The molecule has 2 aromatic heterocycles. The number of aryl methyl sites for hydroxylation is 1. The van der Waals surface area contributed by atoms with Crippen LogP contribution in [0, 0.1) is 12.8 Å². The second-order valence-corrected chi connectivity index (χ2v) is 12.0. The van der Waals surface area contributed by atoms with Crippen molar-refractivity contribution in [2.75, 3.05) is 39.5 Å². The fourth-order valence-corrected chi connectivity index (χ4v) is 6.49. The number of hydrogen-bond donors (Lipinski definition) is 1. The number of esters is 1. The third-order valence-corrected chi connectivity index (χ3v) is 9.00. The van der Waals surface area contributed by atoms with Gasteiger partial charge in [0.2, 0.25) is 0 Å². The molecule has 0 spiro atoms. The van der Waals surface area contributed by atoms with E-state index in [0.717, 1.165) is 43.2 Å². The number of carbonyl (C=O) groups is 1. The van der Waals surface area contributed by atoms with E-state index in [-0.39, 0.29) is 42.8 Å². The van der Waals surface area contributed by atoms with Gasteiger partial charge < -0.3 is 19.1 Å². The number of imidazole rings is 1. The van der Waals surface area contributed by atoms with E-state index in [2.05, 4.69) is 15.0 Å². The van der Waals surface area contributed by atoms with E-state index >= 15 is 0 Å². The number of alkyl halides is 4. The van der Waals surface area contributed by atoms with E-state index in [0.29, 0.717) is 40.7 Å². The second kappa shape index (κ2) is 13.0. The number of aromatic nitrogens is 4. The third-order valence-electron chi connectivity index (χ3n) is 9.00. The summed E-state index contributed by atoms with van der Waals surface area (Å²) in [5.41, 5.74) is 1.31. The number of carbonyl (C=O) groups excluding carboxylic acids is 1. The molecule has 46 heavy (non-hydrogen) atoms. The Morgan fingerprint density at radius 2 is 1.91 bits per heavy atom. The quantitative estimate of drug-likeness (QED) is 0.184. The summed E-state index contributed by atoms with van der Waals surface area (Å²) in [7, 11) is 0. The van der Waals surface area contributed by atoms with E-state index in [4.69, 9.17) is 9.47 Å². The van der Waals surface area contributed by atoms with Crippen molar-refractivity contribution >= 4 is 16.9 Å². The molecule has 0 saturated carbocycles. The molecule has 1 N–H and O–H groups in total. The Hall–Kier alpha value is -3.97. The first-order valence-electron chi connectivity index (χ1n) is 15.6. The van der Waals surface area contributed by atoms with E-state index in [9.17, 15) is 27.5 Å². The zero-order valence-corrected chi connectivity index (χ0v) is 25.8. The lowest BCUT2D eigenvalue weighted by Gasteiger charge is -2.30. The molecule has 1 saturated heterocycles. The molecule has 246 valence electrons. The number of likely N-dealkylation sites (tertiary alicyclic amines) is 1. The van der Waals surface area contributed by atoms with Crippen molar-refractivity contribution in [1.29, 1.82) is 0 Å². The number of ether oxygens (including phenoxy) is 2. The summed E-state index contributed by atoms with van der Waals surface area (Å²) in [6, 6.07) is 6.73. The summed E-state index contributed by atoms with van der Waals surface area (Å²) in [4.78, 5) is 19.8. The van der Waals surface area contributed by atoms with Gasteiger partial charge in [0.15, 0.2) is 6.04 Å². The minimum absolute atomic E-state index is 0.0337. The predicted molar refractivity (Wildman–Crippen MR) is 162 cm³/mol. The molecule has 1 fully saturated rings. The SMILES string of the molecule is CCOC(=O)C(c1ncn2c1C[C@@H](F)C2)n1cc2c(C(F)(F)F)cc(-c3ccc(OCCN4CCC(CO)CC4)cc3)c(C)c2n1. The third kappa shape index (κ3) is 6.35. The topological polar surface area (TPSA) is 94.6 Å². The van der Waals surface area contributed by atoms with Crippen LogP contribution in [0.25, 0.3) is 22.0 Å². The summed E-state index contributed by atoms with van der Waals surface area (Å²) in [6.45, 7) is 6.71. The number of hydrogen-bond acceptors (Lipinski definition) is 7. The molecule has 4 aromatic rings. The normalized spacial score (nSPS) is 18.2. The molecule has 9 nitrogen and oxygen atoms in total. The highest BCUT2D eigenvalue weighted by Crippen LogP contribution is 2.41. The van der Waals surface area contributed by atoms with Crippen molar-refractivity contribution in [3.05, 3.63) is 65.4 Å². The molecule has 4 heterocycles. The van der Waals surface area contributed by atoms with E-state index < -0.39 is 29.9 Å². The fraction of sp³-hybridized carbons (Fsp3) is 0.485. The number of aliphatic hydroxyl groups is 1. The van der Waals surface area contributed by atoms with Gasteiger partial charge >= 0.3 is 12.1 Å². The van der Waals surface area contributed by atoms with E-state index in [1.54, 1.807) is 42.7 Å². The predicted octanol–water partition coefficient (Wildman–Crippen LogP) is 5.36. The van der Waals surface area contributed by atoms with Crippen LogP contribution >= 0.6 is 0 Å². The standard InChI is InChI=1S/C33H37F4N5O4/c1-3-45-32(44)31(30-28-14-23(34)16-41(28)19-38-30)42-17-26-27(33(35,36)37)15-25(20(2)29(26)39-42)22-4-6-24(7-5-22)46-13-12-40-10-8-21(18-43)9-11-40/h4-7,15,17,19,21,23,31,43H,3,8-14,16,18H2,1-2H3/t23-,31?/m1/s1. The Kier molecular flexibility index (Phi) is 9.06. The minimum Gasteiger partial charge on any atom is -0.492 e. The molecule has 13 heteroatoms. The lowest BCUT2D eigenvalue weighted by molar-refractivity contribution is -0.146. The summed E-state index contributed by atoms with van der Waals surface area (Å²) in [6.07, 6.45) is -1.27. The van der Waals surface area contributed by atoms with Crippen LogP contribution in [-0.4, -0.2) is 80.9 Å². The number of nitrogens with zero attached hydrogens (tertiary/aromatic N) is 5. The lowest BCUT2D eigenvalue weighted by Crippen LogP contribution is -2.37. The number of rotatable bonds is 10. The van der Waals surface area contributed by atoms with Gasteiger partial charge in [-0.15, -0.1) is 0 Å². The molecule has 0 bridgehead atoms. The minimum atomic E-state index is -4.71. The highest BCUT2D eigenvalue weighted by atomic mass is 19.4. The van der Waals surface area contributed by atoms with Gasteiger partial charge in [-0.05, 0) is 80.6 Å². The maximum Gasteiger partial charge on any atom is 0.417 e. The first-order chi connectivity index (χ1) is 22.1. The molecule has 2 aromatic carbocycles. The molecule has 0 radical (unpaired) electrons. The van der Waals surface area contributed by atoms with Crippen LogP contribution in [0.4, 0.5) is 17.6 Å². The smallest absolute Gasteiger partial charge is 0.417 e. The molecule has 1 unspecified atom stereocenters. The molecular weight excluding hydrogens is 606 g/mol. The van der Waals surface area contributed by atoms with Gasteiger partial charge in [0.05, 0.1) is 36.3 Å². The maximum atomic E-state index is 14.5. The molecule has 2 aliphatic heterocycles. The Bertz CT molecular complexity index is 1690. The van der Waals surface area contributed by atoms with Crippen molar-refractivity contribution in [1.82, 2.24) is 24.2 Å². The lowest BCUT2D eigenvalue weighted by atomic mass is 9.95. The van der Waals surface area contributed by atoms with Crippen molar-refractivity contribution in [3.63, 3.8) is 0 Å². The number of aliphatic hydroxyl groups excluding tert-OH is 1. The summed E-state index contributed by atoms with van der Waals surface area (Å²) < 4.78 is 71.7. The van der Waals surface area contributed by atoms with Crippen molar-refractivity contribution in [2.24, 2.45) is 5.92 Å². The Labute approximate surface area is 263 Å². The maximum absolute atomic E-state index is 14.5. The van der Waals surface area contributed by atoms with Gasteiger partial charge in [-0.3, -0.25) is 9.58 Å². The number of fused-ring (bicyclic) bond motifs is 2. The average Bonchev–Trinajstić information content (AvgIpc) is 3.73. The molecule has 0 aliphatic carbocycles. The number of halogens is 4. The van der Waals surface area contributed by atoms with Gasteiger partial charge in [-0.25, -0.2) is 14.2 Å². The van der Waals surface area contributed by atoms with E-state index in [1.807, 2.05) is 0 Å². The monoisotopic (exact) mass is 643 g/mol. The van der Waals surface area contributed by atoms with Crippen molar-refractivity contribution < 1.29 is 36.9 Å². The number of piperidine rings is 1.